The Hall–Kier alpha value is -2.13. The van der Waals surface area contributed by atoms with Crippen LogP contribution in [0, 0.1) is 19.8 Å². The van der Waals surface area contributed by atoms with Gasteiger partial charge < -0.3 is 10.1 Å². The maximum atomic E-state index is 12.9. The second kappa shape index (κ2) is 10.2. The number of benzene rings is 2. The van der Waals surface area contributed by atoms with Crippen LogP contribution < -0.4 is 5.32 Å². The van der Waals surface area contributed by atoms with E-state index in [1.165, 1.54) is 10.4 Å². The van der Waals surface area contributed by atoms with Crippen molar-refractivity contribution in [1.82, 2.24) is 4.31 Å². The summed E-state index contributed by atoms with van der Waals surface area (Å²) in [7, 11) is -3.62. The zero-order valence-corrected chi connectivity index (χ0v) is 20.1. The number of anilines is 1. The number of carbonyl (C=O) groups is 2. The number of hydrogen-bond donors (Lipinski definition) is 1. The largest absolute Gasteiger partial charge is 0.455 e. The van der Waals surface area contributed by atoms with Crippen LogP contribution in [0.5, 0.6) is 0 Å². The van der Waals surface area contributed by atoms with Gasteiger partial charge in [-0.05, 0) is 68.1 Å². The number of rotatable bonds is 6. The molecular weight excluding hydrogens is 475 g/mol. The second-order valence-electron chi connectivity index (χ2n) is 7.70. The smallest absolute Gasteiger partial charge is 0.309 e. The highest BCUT2D eigenvalue weighted by molar-refractivity contribution is 7.89. The van der Waals surface area contributed by atoms with Crippen LogP contribution in [0.15, 0.2) is 41.3 Å². The molecule has 3 rings (SSSR count). The van der Waals surface area contributed by atoms with Crippen molar-refractivity contribution < 1.29 is 22.7 Å². The van der Waals surface area contributed by atoms with Crippen LogP contribution in [-0.2, 0) is 24.3 Å². The maximum Gasteiger partial charge on any atom is 0.309 e. The first-order chi connectivity index (χ1) is 15.1. The second-order valence-corrected chi connectivity index (χ2v) is 10.5. The molecule has 0 saturated carbocycles. The van der Waals surface area contributed by atoms with Crippen LogP contribution in [0.25, 0.3) is 0 Å². The van der Waals surface area contributed by atoms with Crippen LogP contribution in [0.1, 0.15) is 24.0 Å². The number of esters is 1. The minimum atomic E-state index is -3.62. The lowest BCUT2D eigenvalue weighted by molar-refractivity contribution is -0.152. The summed E-state index contributed by atoms with van der Waals surface area (Å²) < 4.78 is 32.3. The highest BCUT2D eigenvalue weighted by Gasteiger charge is 2.33. The molecule has 0 spiro atoms. The van der Waals surface area contributed by atoms with Gasteiger partial charge in [0.1, 0.15) is 0 Å². The molecule has 1 aliphatic heterocycles. The number of halogens is 2. The Morgan fingerprint density at radius 2 is 1.75 bits per heavy atom. The van der Waals surface area contributed by atoms with Crippen LogP contribution in [-0.4, -0.2) is 44.3 Å². The van der Waals surface area contributed by atoms with Crippen molar-refractivity contribution in [3.8, 4) is 0 Å². The van der Waals surface area contributed by atoms with Crippen molar-refractivity contribution in [2.75, 3.05) is 25.0 Å². The Kier molecular flexibility index (Phi) is 7.82. The Morgan fingerprint density at radius 3 is 2.41 bits per heavy atom. The fourth-order valence-corrected chi connectivity index (χ4v) is 5.28. The van der Waals surface area contributed by atoms with E-state index in [9.17, 15) is 18.0 Å². The van der Waals surface area contributed by atoms with Crippen LogP contribution >= 0.6 is 23.2 Å². The van der Waals surface area contributed by atoms with E-state index in [-0.39, 0.29) is 18.0 Å². The number of hydrogen-bond acceptors (Lipinski definition) is 5. The number of carbonyl (C=O) groups excluding carboxylic acids is 2. The molecular formula is C22H24Cl2N2O5S. The number of ether oxygens (including phenoxy) is 1. The van der Waals surface area contributed by atoms with Crippen molar-refractivity contribution in [3.05, 3.63) is 57.6 Å². The van der Waals surface area contributed by atoms with Gasteiger partial charge in [-0.2, -0.15) is 4.31 Å². The van der Waals surface area contributed by atoms with Crippen molar-refractivity contribution in [3.63, 3.8) is 0 Å². The monoisotopic (exact) mass is 498 g/mol. The molecule has 0 atom stereocenters. The molecule has 10 heteroatoms. The van der Waals surface area contributed by atoms with E-state index in [0.29, 0.717) is 28.6 Å². The van der Waals surface area contributed by atoms with Crippen molar-refractivity contribution in [2.45, 2.75) is 31.6 Å². The first-order valence-electron chi connectivity index (χ1n) is 10.1. The number of piperidine rings is 1. The molecule has 1 aliphatic rings. The van der Waals surface area contributed by atoms with Crippen LogP contribution in [0.4, 0.5) is 5.69 Å². The third-order valence-corrected chi connectivity index (χ3v) is 7.91. The predicted molar refractivity (Wildman–Crippen MR) is 123 cm³/mol. The summed E-state index contributed by atoms with van der Waals surface area (Å²) in [6.07, 6.45) is 0.648. The molecule has 1 amide bonds. The molecule has 0 aromatic heterocycles. The fourth-order valence-electron chi connectivity index (χ4n) is 3.39. The van der Waals surface area contributed by atoms with Crippen molar-refractivity contribution >= 4 is 50.8 Å². The molecule has 1 N–H and O–H groups in total. The van der Waals surface area contributed by atoms with Gasteiger partial charge >= 0.3 is 5.97 Å². The summed E-state index contributed by atoms with van der Waals surface area (Å²) in [5, 5.41) is 3.26. The molecule has 1 fully saturated rings. The summed E-state index contributed by atoms with van der Waals surface area (Å²) in [4.78, 5) is 24.7. The molecule has 2 aromatic rings. The first kappa shape index (κ1) is 24.5. The molecule has 0 aliphatic carbocycles. The first-order valence-corrected chi connectivity index (χ1v) is 12.3. The molecule has 0 bridgehead atoms. The summed E-state index contributed by atoms with van der Waals surface area (Å²) in [5.41, 5.74) is 2.25. The summed E-state index contributed by atoms with van der Waals surface area (Å²) in [6, 6.07) is 9.68. The van der Waals surface area contributed by atoms with Gasteiger partial charge in [0.05, 0.1) is 21.5 Å². The maximum absolute atomic E-state index is 12.9. The minimum Gasteiger partial charge on any atom is -0.455 e. The van der Waals surface area contributed by atoms with Gasteiger partial charge in [-0.1, -0.05) is 29.3 Å². The molecule has 2 aromatic carbocycles. The lowest BCUT2D eigenvalue weighted by Gasteiger charge is -2.30. The van der Waals surface area contributed by atoms with Gasteiger partial charge in [0.15, 0.2) is 6.61 Å². The Morgan fingerprint density at radius 1 is 1.06 bits per heavy atom. The van der Waals surface area contributed by atoms with Gasteiger partial charge in [-0.25, -0.2) is 8.42 Å². The minimum absolute atomic E-state index is 0.208. The van der Waals surface area contributed by atoms with E-state index < -0.39 is 34.4 Å². The Bertz CT molecular complexity index is 1130. The molecule has 0 unspecified atom stereocenters. The normalized spacial score (nSPS) is 15.4. The Labute approximate surface area is 197 Å². The fraction of sp³-hybridized carbons (Fsp3) is 0.364. The van der Waals surface area contributed by atoms with Gasteiger partial charge in [0.25, 0.3) is 5.91 Å². The van der Waals surface area contributed by atoms with Gasteiger partial charge in [0.2, 0.25) is 10.0 Å². The van der Waals surface area contributed by atoms with E-state index in [1.807, 2.05) is 13.8 Å². The number of nitrogens with zero attached hydrogens (tertiary/aromatic N) is 1. The Balaban J connectivity index is 1.51. The highest BCUT2D eigenvalue weighted by Crippen LogP contribution is 2.27. The summed E-state index contributed by atoms with van der Waals surface area (Å²) >= 11 is 11.9. The van der Waals surface area contributed by atoms with E-state index in [0.717, 1.165) is 11.1 Å². The zero-order chi connectivity index (χ0) is 23.5. The third-order valence-electron chi connectivity index (χ3n) is 5.45. The standard InChI is InChI=1S/C22H24Cl2N2O5S/c1-14-3-5-18(11-15(14)2)32(29,30)26-9-7-16(8-10-26)22(28)31-13-21(27)25-20-12-17(23)4-6-19(20)24/h3-6,11-12,16H,7-10,13H2,1-2H3,(H,25,27). The lowest BCUT2D eigenvalue weighted by atomic mass is 9.98. The van der Waals surface area contributed by atoms with Crippen LogP contribution in [0.2, 0.25) is 10.0 Å². The highest BCUT2D eigenvalue weighted by atomic mass is 35.5. The number of sulfonamides is 1. The van der Waals surface area contributed by atoms with E-state index in [1.54, 1.807) is 30.3 Å². The van der Waals surface area contributed by atoms with Crippen LogP contribution in [0.3, 0.4) is 0 Å². The van der Waals surface area contributed by atoms with Gasteiger partial charge in [0, 0.05) is 18.1 Å². The summed E-state index contributed by atoms with van der Waals surface area (Å²) in [5.74, 6) is -1.54. The molecule has 172 valence electrons. The predicted octanol–water partition coefficient (Wildman–Crippen LogP) is 4.19. The van der Waals surface area contributed by atoms with Crippen molar-refractivity contribution in [2.24, 2.45) is 5.92 Å². The SMILES string of the molecule is Cc1ccc(S(=O)(=O)N2CCC(C(=O)OCC(=O)Nc3cc(Cl)ccc3Cl)CC2)cc1C. The zero-order valence-electron chi connectivity index (χ0n) is 17.7. The van der Waals surface area contributed by atoms with E-state index >= 15 is 0 Å². The van der Waals surface area contributed by atoms with Crippen molar-refractivity contribution in [1.29, 1.82) is 0 Å². The van der Waals surface area contributed by atoms with E-state index in [4.69, 9.17) is 27.9 Å². The average Bonchev–Trinajstić information content (AvgIpc) is 2.76. The summed E-state index contributed by atoms with van der Waals surface area (Å²) in [6.45, 7) is 3.74. The lowest BCUT2D eigenvalue weighted by Crippen LogP contribution is -2.41. The third kappa shape index (κ3) is 5.81. The number of aryl methyl sites for hydroxylation is 2. The number of amides is 1. The molecule has 1 saturated heterocycles. The molecule has 1 heterocycles. The molecule has 32 heavy (non-hydrogen) atoms. The number of nitrogens with one attached hydrogen (secondary N) is 1. The topological polar surface area (TPSA) is 92.8 Å². The quantitative estimate of drug-likeness (QED) is 0.602. The van der Waals surface area contributed by atoms with E-state index in [2.05, 4.69) is 5.32 Å². The van der Waals surface area contributed by atoms with Gasteiger partial charge in [-0.15, -0.1) is 0 Å². The molecule has 7 nitrogen and oxygen atoms in total. The molecule has 0 radical (unpaired) electrons. The average molecular weight is 499 g/mol. The van der Waals surface area contributed by atoms with Gasteiger partial charge in [-0.3, -0.25) is 9.59 Å².